The molecule has 0 aliphatic carbocycles. The maximum absolute atomic E-state index is 12.2. The number of carbonyl (C=O) groups is 1. The Kier molecular flexibility index (Phi) is 3.73. The van der Waals surface area contributed by atoms with Crippen molar-refractivity contribution >= 4 is 40.9 Å². The standard InChI is InChI=1S/C14H13ClN4OS/c1-21-14-17-12(16)10-6-11(20)19(13(10)18-14)7-8-2-4-9(15)5-3-8/h2-5H,6-7H2,1H3,(H2,16,17,18). The first-order chi connectivity index (χ1) is 10.1. The topological polar surface area (TPSA) is 72.1 Å². The van der Waals surface area contributed by atoms with Gasteiger partial charge in [-0.2, -0.15) is 0 Å². The Morgan fingerprint density at radius 1 is 1.33 bits per heavy atom. The van der Waals surface area contributed by atoms with Crippen LogP contribution in [0.1, 0.15) is 11.1 Å². The number of carbonyl (C=O) groups excluding carboxylic acids is 1. The second-order valence-corrected chi connectivity index (χ2v) is 5.89. The summed E-state index contributed by atoms with van der Waals surface area (Å²) in [5, 5.41) is 1.24. The summed E-state index contributed by atoms with van der Waals surface area (Å²) >= 11 is 7.28. The highest BCUT2D eigenvalue weighted by molar-refractivity contribution is 7.98. The number of nitrogens with two attached hydrogens (primary N) is 1. The zero-order valence-electron chi connectivity index (χ0n) is 11.3. The molecule has 0 fully saturated rings. The van der Waals surface area contributed by atoms with Crippen molar-refractivity contribution in [2.24, 2.45) is 0 Å². The molecule has 0 saturated heterocycles. The molecule has 108 valence electrons. The molecule has 0 bridgehead atoms. The van der Waals surface area contributed by atoms with Crippen LogP contribution in [0.3, 0.4) is 0 Å². The van der Waals surface area contributed by atoms with E-state index in [9.17, 15) is 4.79 Å². The van der Waals surface area contributed by atoms with Crippen molar-refractivity contribution in [2.75, 3.05) is 16.9 Å². The van der Waals surface area contributed by atoms with Gasteiger partial charge in [0, 0.05) is 10.6 Å². The normalized spacial score (nSPS) is 13.6. The third-order valence-corrected chi connectivity index (χ3v) is 4.12. The summed E-state index contributed by atoms with van der Waals surface area (Å²) in [5.41, 5.74) is 7.63. The molecule has 21 heavy (non-hydrogen) atoms. The Balaban J connectivity index is 1.96. The van der Waals surface area contributed by atoms with Crippen molar-refractivity contribution < 1.29 is 4.79 Å². The van der Waals surface area contributed by atoms with Gasteiger partial charge in [-0.3, -0.25) is 9.69 Å². The van der Waals surface area contributed by atoms with Crippen LogP contribution in [0, 0.1) is 0 Å². The van der Waals surface area contributed by atoms with Gasteiger partial charge in [-0.25, -0.2) is 9.97 Å². The number of fused-ring (bicyclic) bond motifs is 1. The lowest BCUT2D eigenvalue weighted by molar-refractivity contribution is -0.117. The highest BCUT2D eigenvalue weighted by Crippen LogP contribution is 2.33. The first-order valence-electron chi connectivity index (χ1n) is 6.33. The first-order valence-corrected chi connectivity index (χ1v) is 7.94. The van der Waals surface area contributed by atoms with Gasteiger partial charge in [0.15, 0.2) is 5.16 Å². The molecule has 0 unspecified atom stereocenters. The van der Waals surface area contributed by atoms with Crippen LogP contribution in [-0.2, 0) is 17.8 Å². The van der Waals surface area contributed by atoms with Crippen molar-refractivity contribution in [3.8, 4) is 0 Å². The predicted octanol–water partition coefficient (Wildman–Crippen LogP) is 2.52. The van der Waals surface area contributed by atoms with Gasteiger partial charge in [0.05, 0.1) is 13.0 Å². The zero-order valence-corrected chi connectivity index (χ0v) is 12.9. The molecule has 2 aromatic rings. The number of nitrogens with zero attached hydrogens (tertiary/aromatic N) is 3. The Bertz CT molecular complexity index is 705. The number of thioether (sulfide) groups is 1. The molecule has 1 aliphatic heterocycles. The third kappa shape index (κ3) is 2.69. The van der Waals surface area contributed by atoms with Gasteiger partial charge in [0.2, 0.25) is 5.91 Å². The third-order valence-electron chi connectivity index (χ3n) is 3.32. The highest BCUT2D eigenvalue weighted by atomic mass is 35.5. The molecule has 5 nitrogen and oxygen atoms in total. The largest absolute Gasteiger partial charge is 0.383 e. The molecule has 2 heterocycles. The van der Waals surface area contributed by atoms with Crippen molar-refractivity contribution in [3.63, 3.8) is 0 Å². The fourth-order valence-electron chi connectivity index (χ4n) is 2.25. The first kappa shape index (κ1) is 14.2. The van der Waals surface area contributed by atoms with Crippen LogP contribution in [0.4, 0.5) is 11.6 Å². The lowest BCUT2D eigenvalue weighted by Gasteiger charge is -2.17. The number of benzene rings is 1. The van der Waals surface area contributed by atoms with Crippen molar-refractivity contribution in [3.05, 3.63) is 40.4 Å². The van der Waals surface area contributed by atoms with E-state index in [-0.39, 0.29) is 12.3 Å². The molecule has 3 rings (SSSR count). The minimum atomic E-state index is -0.0146. The number of hydrogen-bond donors (Lipinski definition) is 1. The van der Waals surface area contributed by atoms with Crippen LogP contribution in [0.25, 0.3) is 0 Å². The van der Waals surface area contributed by atoms with Crippen LogP contribution < -0.4 is 10.6 Å². The number of hydrogen-bond acceptors (Lipinski definition) is 5. The number of halogens is 1. The average Bonchev–Trinajstić information content (AvgIpc) is 2.78. The molecule has 7 heteroatoms. The quantitative estimate of drug-likeness (QED) is 0.695. The van der Waals surface area contributed by atoms with Crippen LogP contribution in [0.2, 0.25) is 5.02 Å². The maximum Gasteiger partial charge on any atom is 0.233 e. The molecule has 0 atom stereocenters. The molecule has 0 radical (unpaired) electrons. The summed E-state index contributed by atoms with van der Waals surface area (Å²) in [6.07, 6.45) is 2.13. The summed E-state index contributed by atoms with van der Waals surface area (Å²) in [5.74, 6) is 0.988. The number of nitrogen functional groups attached to an aromatic ring is 1. The van der Waals surface area contributed by atoms with Gasteiger partial charge >= 0.3 is 0 Å². The summed E-state index contributed by atoms with van der Waals surface area (Å²) in [6.45, 7) is 0.452. The molecular formula is C14H13ClN4OS. The zero-order chi connectivity index (χ0) is 15.0. The Morgan fingerprint density at radius 3 is 2.71 bits per heavy atom. The fraction of sp³-hybridized carbons (Fsp3) is 0.214. The van der Waals surface area contributed by atoms with E-state index in [0.717, 1.165) is 5.56 Å². The van der Waals surface area contributed by atoms with Crippen LogP contribution in [0.15, 0.2) is 29.4 Å². The van der Waals surface area contributed by atoms with Crippen molar-refractivity contribution in [2.45, 2.75) is 18.1 Å². The lowest BCUT2D eigenvalue weighted by Crippen LogP contribution is -2.26. The highest BCUT2D eigenvalue weighted by Gasteiger charge is 2.31. The molecule has 1 aliphatic rings. The smallest absolute Gasteiger partial charge is 0.233 e. The predicted molar refractivity (Wildman–Crippen MR) is 84.6 cm³/mol. The number of anilines is 2. The van der Waals surface area contributed by atoms with E-state index in [1.165, 1.54) is 11.8 Å². The van der Waals surface area contributed by atoms with Gasteiger partial charge in [0.25, 0.3) is 0 Å². The van der Waals surface area contributed by atoms with E-state index in [1.807, 2.05) is 18.4 Å². The Labute approximate surface area is 131 Å². The summed E-state index contributed by atoms with van der Waals surface area (Å²) < 4.78 is 0. The number of amides is 1. The molecular weight excluding hydrogens is 308 g/mol. The molecule has 2 N–H and O–H groups in total. The molecule has 0 spiro atoms. The van der Waals surface area contributed by atoms with E-state index in [2.05, 4.69) is 9.97 Å². The Hall–Kier alpha value is -1.79. The molecule has 1 amide bonds. The van der Waals surface area contributed by atoms with Gasteiger partial charge < -0.3 is 5.73 Å². The molecule has 1 aromatic heterocycles. The fourth-order valence-corrected chi connectivity index (χ4v) is 2.75. The second-order valence-electron chi connectivity index (χ2n) is 4.68. The SMILES string of the molecule is CSc1nc(N)c2c(n1)N(Cc1ccc(Cl)cc1)C(=O)C2. The minimum Gasteiger partial charge on any atom is -0.383 e. The summed E-state index contributed by atoms with van der Waals surface area (Å²) in [4.78, 5) is 22.5. The van der Waals surface area contributed by atoms with E-state index in [4.69, 9.17) is 17.3 Å². The molecule has 1 aromatic carbocycles. The van der Waals surface area contributed by atoms with Crippen molar-refractivity contribution in [1.29, 1.82) is 0 Å². The van der Waals surface area contributed by atoms with E-state index in [0.29, 0.717) is 33.9 Å². The van der Waals surface area contributed by atoms with Crippen LogP contribution in [-0.4, -0.2) is 22.1 Å². The molecule has 0 saturated carbocycles. The number of rotatable bonds is 3. The van der Waals surface area contributed by atoms with Crippen molar-refractivity contribution in [1.82, 2.24) is 9.97 Å². The lowest BCUT2D eigenvalue weighted by atomic mass is 10.2. The van der Waals surface area contributed by atoms with Gasteiger partial charge in [-0.15, -0.1) is 0 Å². The van der Waals surface area contributed by atoms with Gasteiger partial charge in [-0.05, 0) is 24.0 Å². The van der Waals surface area contributed by atoms with E-state index in [1.54, 1.807) is 17.0 Å². The average molecular weight is 321 g/mol. The minimum absolute atomic E-state index is 0.0146. The van der Waals surface area contributed by atoms with Crippen LogP contribution in [0.5, 0.6) is 0 Å². The second kappa shape index (κ2) is 5.54. The monoisotopic (exact) mass is 320 g/mol. The van der Waals surface area contributed by atoms with Gasteiger partial charge in [-0.1, -0.05) is 35.5 Å². The maximum atomic E-state index is 12.2. The van der Waals surface area contributed by atoms with E-state index >= 15 is 0 Å². The summed E-state index contributed by atoms with van der Waals surface area (Å²) in [6, 6.07) is 7.40. The Morgan fingerprint density at radius 2 is 2.05 bits per heavy atom. The van der Waals surface area contributed by atoms with E-state index < -0.39 is 0 Å². The van der Waals surface area contributed by atoms with Gasteiger partial charge in [0.1, 0.15) is 11.6 Å². The number of aromatic nitrogens is 2. The summed E-state index contributed by atoms with van der Waals surface area (Å²) in [7, 11) is 0. The van der Waals surface area contributed by atoms with Crippen LogP contribution >= 0.6 is 23.4 Å².